The number of amides is 1. The van der Waals surface area contributed by atoms with Crippen molar-refractivity contribution < 1.29 is 4.79 Å². The number of carbonyl (C=O) groups excluding carboxylic acids is 1. The van der Waals surface area contributed by atoms with Gasteiger partial charge in [-0.25, -0.2) is 9.83 Å². The van der Waals surface area contributed by atoms with Crippen molar-refractivity contribution >= 4 is 39.4 Å². The summed E-state index contributed by atoms with van der Waals surface area (Å²) in [6.45, 7) is 7.03. The molecule has 2 aromatic carbocycles. The molecule has 2 bridgehead atoms. The fourth-order valence-corrected chi connectivity index (χ4v) is 5.10. The maximum Gasteiger partial charge on any atom is 0.232 e. The predicted molar refractivity (Wildman–Crippen MR) is 116 cm³/mol. The fraction of sp³-hybridized carbons (Fsp3) is 0.217. The molecule has 1 heterocycles. The highest BCUT2D eigenvalue weighted by molar-refractivity contribution is 7.14. The van der Waals surface area contributed by atoms with Crippen molar-refractivity contribution in [3.05, 3.63) is 65.3 Å². The molecule has 6 nitrogen and oxygen atoms in total. The van der Waals surface area contributed by atoms with Crippen molar-refractivity contribution in [2.75, 3.05) is 10.6 Å². The number of carbonyl (C=O) groups is 1. The summed E-state index contributed by atoms with van der Waals surface area (Å²) in [6.07, 6.45) is 2.02. The SMILES string of the molecule is [C-]#[N+]c1ccc(Nc2cccc(-c3csc(NC(=O)C45CC(C#N)(C4)C5)n3)c2)cc1. The van der Waals surface area contributed by atoms with Crippen molar-refractivity contribution in [2.24, 2.45) is 10.8 Å². The Morgan fingerprint density at radius 2 is 1.93 bits per heavy atom. The molecule has 3 aromatic rings. The Morgan fingerprint density at radius 1 is 1.17 bits per heavy atom. The molecule has 7 heteroatoms. The molecule has 2 N–H and O–H groups in total. The number of hydrogen-bond acceptors (Lipinski definition) is 5. The molecule has 0 atom stereocenters. The van der Waals surface area contributed by atoms with Gasteiger partial charge in [-0.3, -0.25) is 4.79 Å². The minimum Gasteiger partial charge on any atom is -0.356 e. The minimum atomic E-state index is -0.353. The van der Waals surface area contributed by atoms with E-state index in [2.05, 4.69) is 26.5 Å². The van der Waals surface area contributed by atoms with Crippen LogP contribution in [0.3, 0.4) is 0 Å². The molecule has 3 saturated carbocycles. The second-order valence-electron chi connectivity index (χ2n) is 8.06. The molecule has 1 aromatic heterocycles. The molecule has 0 aliphatic heterocycles. The molecule has 3 aliphatic carbocycles. The second kappa shape index (κ2) is 6.69. The van der Waals surface area contributed by atoms with Gasteiger partial charge in [0.2, 0.25) is 5.91 Å². The first-order chi connectivity index (χ1) is 14.5. The maximum atomic E-state index is 12.6. The third-order valence-electron chi connectivity index (χ3n) is 5.92. The summed E-state index contributed by atoms with van der Waals surface area (Å²) in [4.78, 5) is 20.6. The lowest BCUT2D eigenvalue weighted by atomic mass is 9.35. The summed E-state index contributed by atoms with van der Waals surface area (Å²) in [5, 5.41) is 17.9. The van der Waals surface area contributed by atoms with Gasteiger partial charge >= 0.3 is 0 Å². The average Bonchev–Trinajstić information content (AvgIpc) is 3.16. The summed E-state index contributed by atoms with van der Waals surface area (Å²) < 4.78 is 0. The predicted octanol–water partition coefficient (Wildman–Crippen LogP) is 5.74. The molecule has 1 amide bonds. The molecule has 0 unspecified atom stereocenters. The van der Waals surface area contributed by atoms with Crippen molar-refractivity contribution in [3.63, 3.8) is 0 Å². The Bertz CT molecular complexity index is 1210. The summed E-state index contributed by atoms with van der Waals surface area (Å²) in [6, 6.07) is 17.5. The van der Waals surface area contributed by atoms with E-state index in [1.54, 1.807) is 12.1 Å². The Kier molecular flexibility index (Phi) is 4.09. The minimum absolute atomic E-state index is 0.0150. The van der Waals surface area contributed by atoms with Crippen LogP contribution in [0.4, 0.5) is 22.2 Å². The van der Waals surface area contributed by atoms with E-state index in [4.69, 9.17) is 11.8 Å². The van der Waals surface area contributed by atoms with Gasteiger partial charge in [-0.1, -0.05) is 24.3 Å². The first-order valence-corrected chi connectivity index (χ1v) is 10.4. The molecular formula is C23H17N5OS. The topological polar surface area (TPSA) is 82.2 Å². The van der Waals surface area contributed by atoms with E-state index in [1.165, 1.54) is 11.3 Å². The largest absolute Gasteiger partial charge is 0.356 e. The summed E-state index contributed by atoms with van der Waals surface area (Å²) in [5.74, 6) is -0.0150. The Hall–Kier alpha value is -3.68. The van der Waals surface area contributed by atoms with Crippen molar-refractivity contribution in [3.8, 4) is 17.3 Å². The number of benzene rings is 2. The van der Waals surface area contributed by atoms with Gasteiger partial charge in [0.1, 0.15) is 0 Å². The van der Waals surface area contributed by atoms with Crippen LogP contribution in [0.2, 0.25) is 0 Å². The standard InChI is InChI=1S/C23H17N5OS/c1-25-16-5-7-17(8-6-16)26-18-4-2-3-15(9-18)19-10-30-21(27-19)28-20(29)23-11-22(12-23,13-23)14-24/h2-10,26H,11-13H2,(H,27,28,29). The average molecular weight is 411 g/mol. The molecule has 0 saturated heterocycles. The van der Waals surface area contributed by atoms with E-state index < -0.39 is 0 Å². The number of nitrogens with zero attached hydrogens (tertiary/aromatic N) is 3. The Morgan fingerprint density at radius 3 is 2.63 bits per heavy atom. The van der Waals surface area contributed by atoms with Crippen LogP contribution in [0.1, 0.15) is 19.3 Å². The van der Waals surface area contributed by atoms with Crippen LogP contribution in [-0.4, -0.2) is 10.9 Å². The third-order valence-corrected chi connectivity index (χ3v) is 6.67. The molecule has 0 radical (unpaired) electrons. The molecule has 0 spiro atoms. The van der Waals surface area contributed by atoms with Gasteiger partial charge in [0, 0.05) is 22.3 Å². The van der Waals surface area contributed by atoms with Crippen molar-refractivity contribution in [1.82, 2.24) is 4.98 Å². The van der Waals surface area contributed by atoms with Crippen molar-refractivity contribution in [2.45, 2.75) is 19.3 Å². The zero-order valence-electron chi connectivity index (χ0n) is 16.0. The van der Waals surface area contributed by atoms with Gasteiger partial charge in [0.05, 0.1) is 29.2 Å². The number of rotatable bonds is 5. The van der Waals surface area contributed by atoms with Crippen LogP contribution < -0.4 is 10.6 Å². The smallest absolute Gasteiger partial charge is 0.232 e. The molecule has 3 aliphatic rings. The number of aromatic nitrogens is 1. The van der Waals surface area contributed by atoms with Crippen LogP contribution in [0, 0.1) is 28.7 Å². The molecule has 3 fully saturated rings. The molecule has 30 heavy (non-hydrogen) atoms. The first-order valence-electron chi connectivity index (χ1n) is 9.56. The van der Waals surface area contributed by atoms with Gasteiger partial charge < -0.3 is 10.6 Å². The third kappa shape index (κ3) is 3.01. The summed E-state index contributed by atoms with van der Waals surface area (Å²) >= 11 is 1.40. The van der Waals surface area contributed by atoms with Gasteiger partial charge in [-0.05, 0) is 43.5 Å². The van der Waals surface area contributed by atoms with E-state index in [9.17, 15) is 4.79 Å². The van der Waals surface area contributed by atoms with Crippen LogP contribution in [0.25, 0.3) is 16.1 Å². The van der Waals surface area contributed by atoms with Crippen LogP contribution >= 0.6 is 11.3 Å². The molecule has 6 rings (SSSR count). The number of thiazole rings is 1. The fourth-order valence-electron chi connectivity index (χ4n) is 4.38. The quantitative estimate of drug-likeness (QED) is 0.525. The normalized spacial score (nSPS) is 23.3. The van der Waals surface area contributed by atoms with Gasteiger partial charge in [-0.15, -0.1) is 11.3 Å². The number of hydrogen-bond donors (Lipinski definition) is 2. The maximum absolute atomic E-state index is 12.6. The van der Waals surface area contributed by atoms with Crippen LogP contribution in [0.5, 0.6) is 0 Å². The Labute approximate surface area is 178 Å². The van der Waals surface area contributed by atoms with Gasteiger partial charge in [-0.2, -0.15) is 5.26 Å². The zero-order valence-corrected chi connectivity index (χ0v) is 16.8. The monoisotopic (exact) mass is 411 g/mol. The highest BCUT2D eigenvalue weighted by Gasteiger charge is 2.72. The highest BCUT2D eigenvalue weighted by atomic mass is 32.1. The second-order valence-corrected chi connectivity index (χ2v) is 8.92. The van der Waals surface area contributed by atoms with Crippen LogP contribution in [0.15, 0.2) is 53.9 Å². The zero-order chi connectivity index (χ0) is 20.8. The lowest BCUT2D eigenvalue weighted by Gasteiger charge is -2.65. The van der Waals surface area contributed by atoms with E-state index in [1.807, 2.05) is 41.8 Å². The first kappa shape index (κ1) is 18.4. The van der Waals surface area contributed by atoms with Crippen molar-refractivity contribution in [1.29, 1.82) is 5.26 Å². The molecular weight excluding hydrogens is 394 g/mol. The number of nitriles is 1. The summed E-state index contributed by atoms with van der Waals surface area (Å²) in [5.41, 5.74) is 3.57. The number of anilines is 3. The highest BCUT2D eigenvalue weighted by Crippen LogP contribution is 2.73. The van der Waals surface area contributed by atoms with E-state index >= 15 is 0 Å². The summed E-state index contributed by atoms with van der Waals surface area (Å²) in [7, 11) is 0. The number of nitrogens with one attached hydrogen (secondary N) is 2. The lowest BCUT2D eigenvalue weighted by molar-refractivity contribution is -0.179. The van der Waals surface area contributed by atoms with Gasteiger partial charge in [0.25, 0.3) is 0 Å². The van der Waals surface area contributed by atoms with E-state index in [0.29, 0.717) is 30.1 Å². The van der Waals surface area contributed by atoms with E-state index in [0.717, 1.165) is 22.6 Å². The Balaban J connectivity index is 1.27. The lowest BCUT2D eigenvalue weighted by Crippen LogP contribution is -2.65. The molecule has 146 valence electrons. The van der Waals surface area contributed by atoms with Crippen LogP contribution in [-0.2, 0) is 4.79 Å². The van der Waals surface area contributed by atoms with Gasteiger partial charge in [0.15, 0.2) is 10.8 Å². The van der Waals surface area contributed by atoms with E-state index in [-0.39, 0.29) is 16.7 Å².